The molecule has 3 nitrogen and oxygen atoms in total. The maximum atomic E-state index is 11.7. The van der Waals surface area contributed by atoms with Gasteiger partial charge < -0.3 is 15.3 Å². The Kier molecular flexibility index (Phi) is 4.65. The van der Waals surface area contributed by atoms with Gasteiger partial charge in [-0.3, -0.25) is 0 Å². The molecule has 2 fully saturated rings. The minimum atomic E-state index is -1.34. The van der Waals surface area contributed by atoms with Crippen LogP contribution in [0.15, 0.2) is 24.8 Å². The molecular weight excluding hydrogens is 288 g/mol. The third-order valence-electron chi connectivity index (χ3n) is 7.22. The molecule has 132 valence electrons. The Hall–Kier alpha value is -0.640. The summed E-state index contributed by atoms with van der Waals surface area (Å²) in [5, 5.41) is 33.6. The minimum Gasteiger partial charge on any atom is -0.392 e. The fourth-order valence-electron chi connectivity index (χ4n) is 5.48. The molecule has 0 unspecified atom stereocenters. The predicted octanol–water partition coefficient (Wildman–Crippen LogP) is 3.59. The monoisotopic (exact) mass is 322 g/mol. The lowest BCUT2D eigenvalue weighted by Gasteiger charge is -2.66. The van der Waals surface area contributed by atoms with Crippen LogP contribution in [0.2, 0.25) is 0 Å². The van der Waals surface area contributed by atoms with Crippen molar-refractivity contribution in [3.63, 3.8) is 0 Å². The van der Waals surface area contributed by atoms with Crippen LogP contribution in [0.1, 0.15) is 66.2 Å². The normalized spacial score (nSPS) is 46.0. The number of fused-ring (bicyclic) bond motifs is 1. The van der Waals surface area contributed by atoms with Crippen molar-refractivity contribution in [3.05, 3.63) is 24.8 Å². The fraction of sp³-hybridized carbons (Fsp3) is 0.800. The molecule has 3 heteroatoms. The van der Waals surface area contributed by atoms with Crippen molar-refractivity contribution in [1.29, 1.82) is 0 Å². The van der Waals surface area contributed by atoms with Gasteiger partial charge in [0.1, 0.15) is 5.60 Å². The van der Waals surface area contributed by atoms with Gasteiger partial charge in [-0.25, -0.2) is 0 Å². The molecule has 2 aliphatic rings. The van der Waals surface area contributed by atoms with Gasteiger partial charge in [-0.15, -0.1) is 0 Å². The van der Waals surface area contributed by atoms with Crippen LogP contribution in [-0.4, -0.2) is 32.6 Å². The van der Waals surface area contributed by atoms with Crippen LogP contribution < -0.4 is 0 Å². The van der Waals surface area contributed by atoms with Gasteiger partial charge in [0.15, 0.2) is 0 Å². The zero-order chi connectivity index (χ0) is 17.7. The molecule has 0 aliphatic heterocycles. The average Bonchev–Trinajstić information content (AvgIpc) is 2.46. The van der Waals surface area contributed by atoms with Crippen LogP contribution in [0.4, 0.5) is 0 Å². The summed E-state index contributed by atoms with van der Waals surface area (Å²) in [5.74, 6) is 0.181. The van der Waals surface area contributed by atoms with Gasteiger partial charge in [0.25, 0.3) is 0 Å². The highest BCUT2D eigenvalue weighted by Gasteiger charge is 2.68. The van der Waals surface area contributed by atoms with Gasteiger partial charge in [0.05, 0.1) is 11.7 Å². The van der Waals surface area contributed by atoms with E-state index in [1.165, 1.54) is 0 Å². The predicted molar refractivity (Wildman–Crippen MR) is 94.0 cm³/mol. The standard InChI is InChI=1S/C20H34O3/c1-7-14(2)8-13-20(23)18(5,22)12-9-15-17(3,4)11-10-16(21)19(15,20)6/h7,15-16,21-23H,1-2,8-13H2,3-6H3/t15-,16-,18-,19+,20+/m1/s1. The molecule has 0 spiro atoms. The van der Waals surface area contributed by atoms with Gasteiger partial charge in [-0.1, -0.05) is 45.6 Å². The minimum absolute atomic E-state index is 0.0495. The van der Waals surface area contributed by atoms with Gasteiger partial charge in [0, 0.05) is 5.41 Å². The Morgan fingerprint density at radius 1 is 1.13 bits per heavy atom. The summed E-state index contributed by atoms with van der Waals surface area (Å²) in [6, 6.07) is 0. The lowest BCUT2D eigenvalue weighted by atomic mass is 9.42. The summed E-state index contributed by atoms with van der Waals surface area (Å²) < 4.78 is 0. The van der Waals surface area contributed by atoms with E-state index in [-0.39, 0.29) is 11.3 Å². The summed E-state index contributed by atoms with van der Waals surface area (Å²) in [6.45, 7) is 15.8. The third-order valence-corrected chi connectivity index (χ3v) is 7.22. The SMILES string of the molecule is C=CC(=C)CC[C@@]1(O)[C@]2(C)[C@H](O)CCC(C)(C)[C@H]2CC[C@@]1(C)O. The lowest BCUT2D eigenvalue weighted by molar-refractivity contribution is -0.300. The first-order valence-electron chi connectivity index (χ1n) is 8.85. The topological polar surface area (TPSA) is 60.7 Å². The smallest absolute Gasteiger partial charge is 0.101 e. The number of allylic oxidation sites excluding steroid dienone is 2. The van der Waals surface area contributed by atoms with Crippen molar-refractivity contribution in [2.45, 2.75) is 83.5 Å². The van der Waals surface area contributed by atoms with Gasteiger partial charge in [0.2, 0.25) is 0 Å². The second-order valence-electron chi connectivity index (χ2n) is 8.91. The maximum absolute atomic E-state index is 11.7. The molecule has 0 bridgehead atoms. The average molecular weight is 322 g/mol. The van der Waals surface area contributed by atoms with Crippen LogP contribution >= 0.6 is 0 Å². The molecule has 5 atom stereocenters. The highest BCUT2D eigenvalue weighted by Crippen LogP contribution is 2.64. The van der Waals surface area contributed by atoms with Crippen LogP contribution in [-0.2, 0) is 0 Å². The van der Waals surface area contributed by atoms with E-state index < -0.39 is 22.7 Å². The molecule has 0 heterocycles. The zero-order valence-electron chi connectivity index (χ0n) is 15.2. The summed E-state index contributed by atoms with van der Waals surface area (Å²) in [6.07, 6.45) is 5.07. The Balaban J connectivity index is 2.49. The molecule has 0 aromatic heterocycles. The van der Waals surface area contributed by atoms with Gasteiger partial charge >= 0.3 is 0 Å². The number of hydrogen-bond acceptors (Lipinski definition) is 3. The van der Waals surface area contributed by atoms with Crippen molar-refractivity contribution in [2.75, 3.05) is 0 Å². The molecule has 3 N–H and O–H groups in total. The maximum Gasteiger partial charge on any atom is 0.101 e. The molecule has 0 aromatic rings. The van der Waals surface area contributed by atoms with Crippen LogP contribution in [0.5, 0.6) is 0 Å². The van der Waals surface area contributed by atoms with Gasteiger partial charge in [-0.05, 0) is 56.8 Å². The zero-order valence-corrected chi connectivity index (χ0v) is 15.2. The third kappa shape index (κ3) is 2.61. The molecule has 0 amide bonds. The van der Waals surface area contributed by atoms with Crippen molar-refractivity contribution in [1.82, 2.24) is 0 Å². The second kappa shape index (κ2) is 5.72. The molecule has 0 aromatic carbocycles. The van der Waals surface area contributed by atoms with E-state index in [1.54, 1.807) is 13.0 Å². The molecule has 0 radical (unpaired) electrons. The van der Waals surface area contributed by atoms with Crippen molar-refractivity contribution < 1.29 is 15.3 Å². The molecule has 2 rings (SSSR count). The quantitative estimate of drug-likeness (QED) is 0.693. The Morgan fingerprint density at radius 2 is 1.74 bits per heavy atom. The van der Waals surface area contributed by atoms with Crippen LogP contribution in [0.3, 0.4) is 0 Å². The lowest BCUT2D eigenvalue weighted by Crippen LogP contribution is -2.73. The van der Waals surface area contributed by atoms with E-state index in [2.05, 4.69) is 27.0 Å². The van der Waals surface area contributed by atoms with E-state index in [0.29, 0.717) is 25.7 Å². The van der Waals surface area contributed by atoms with Crippen molar-refractivity contribution >= 4 is 0 Å². The fourth-order valence-corrected chi connectivity index (χ4v) is 5.48. The van der Waals surface area contributed by atoms with E-state index in [9.17, 15) is 15.3 Å². The first-order valence-corrected chi connectivity index (χ1v) is 8.85. The molecule has 23 heavy (non-hydrogen) atoms. The highest BCUT2D eigenvalue weighted by molar-refractivity contribution is 5.21. The molecular formula is C20H34O3. The Bertz CT molecular complexity index is 493. The van der Waals surface area contributed by atoms with Crippen molar-refractivity contribution in [2.24, 2.45) is 16.7 Å². The van der Waals surface area contributed by atoms with Crippen LogP contribution in [0, 0.1) is 16.7 Å². The largest absolute Gasteiger partial charge is 0.392 e. The van der Waals surface area contributed by atoms with E-state index in [4.69, 9.17) is 0 Å². The second-order valence-corrected chi connectivity index (χ2v) is 8.91. The van der Waals surface area contributed by atoms with Crippen LogP contribution in [0.25, 0.3) is 0 Å². The molecule has 2 aliphatic carbocycles. The Labute approximate surface area is 141 Å². The summed E-state index contributed by atoms with van der Waals surface area (Å²) in [5.41, 5.74) is -2.38. The number of hydrogen-bond donors (Lipinski definition) is 3. The van der Waals surface area contributed by atoms with E-state index in [1.807, 2.05) is 6.92 Å². The number of aliphatic hydroxyl groups is 3. The summed E-state index contributed by atoms with van der Waals surface area (Å²) >= 11 is 0. The first-order chi connectivity index (χ1) is 10.4. The van der Waals surface area contributed by atoms with E-state index in [0.717, 1.165) is 18.4 Å². The Morgan fingerprint density at radius 3 is 2.30 bits per heavy atom. The molecule has 2 saturated carbocycles. The summed E-state index contributed by atoms with van der Waals surface area (Å²) in [4.78, 5) is 0. The highest BCUT2D eigenvalue weighted by atomic mass is 16.4. The first kappa shape index (κ1) is 18.7. The van der Waals surface area contributed by atoms with Crippen molar-refractivity contribution in [3.8, 4) is 0 Å². The van der Waals surface area contributed by atoms with E-state index >= 15 is 0 Å². The number of aliphatic hydroxyl groups excluding tert-OH is 1. The molecule has 0 saturated heterocycles. The van der Waals surface area contributed by atoms with Gasteiger partial charge in [-0.2, -0.15) is 0 Å². The number of rotatable bonds is 4. The summed E-state index contributed by atoms with van der Waals surface area (Å²) in [7, 11) is 0.